The first-order chi connectivity index (χ1) is 11.8. The Labute approximate surface area is 150 Å². The molecule has 4 heteroatoms. The van der Waals surface area contributed by atoms with Crippen LogP contribution in [0.3, 0.4) is 0 Å². The number of carbonyl (C=O) groups excluding carboxylic acids is 1. The van der Waals surface area contributed by atoms with Crippen LogP contribution in [0.1, 0.15) is 18.4 Å². The van der Waals surface area contributed by atoms with Gasteiger partial charge in [-0.1, -0.05) is 30.3 Å². The summed E-state index contributed by atoms with van der Waals surface area (Å²) in [7, 11) is 0. The molecule has 1 saturated carbocycles. The highest BCUT2D eigenvalue weighted by molar-refractivity contribution is 8.00. The van der Waals surface area contributed by atoms with Crippen LogP contribution in [-0.4, -0.2) is 22.6 Å². The van der Waals surface area contributed by atoms with Gasteiger partial charge in [-0.15, -0.1) is 11.8 Å². The molecule has 0 aliphatic heterocycles. The van der Waals surface area contributed by atoms with Crippen LogP contribution in [0.5, 0.6) is 0 Å². The minimum absolute atomic E-state index is 0.252. The number of hydrogen-bond acceptors (Lipinski definition) is 3. The number of thioether (sulfide) groups is 1. The summed E-state index contributed by atoms with van der Waals surface area (Å²) >= 11 is 3.33. The van der Waals surface area contributed by atoms with Gasteiger partial charge in [0.2, 0.25) is 5.91 Å². The first-order valence-electron chi connectivity index (χ1n) is 8.22. The summed E-state index contributed by atoms with van der Waals surface area (Å²) in [5, 5.41) is 6.69. The Kier molecular flexibility index (Phi) is 4.58. The minimum atomic E-state index is 0.252. The summed E-state index contributed by atoms with van der Waals surface area (Å²) in [4.78, 5) is 15.9. The maximum atomic E-state index is 12.7. The zero-order valence-electron chi connectivity index (χ0n) is 13.4. The van der Waals surface area contributed by atoms with E-state index in [2.05, 4.69) is 64.2 Å². The SMILES string of the molecule is O=C(CSc1ccc2ccccc2c1)N(Cc1ccsc1)C1CC1. The van der Waals surface area contributed by atoms with E-state index in [1.54, 1.807) is 23.1 Å². The molecule has 0 bridgehead atoms. The van der Waals surface area contributed by atoms with Crippen molar-refractivity contribution in [2.24, 2.45) is 0 Å². The third-order valence-corrected chi connectivity index (χ3v) is 6.03. The largest absolute Gasteiger partial charge is 0.335 e. The molecular formula is C20H19NOS2. The molecule has 4 rings (SSSR count). The first kappa shape index (κ1) is 15.7. The second kappa shape index (κ2) is 6.99. The molecule has 1 amide bonds. The quantitative estimate of drug-likeness (QED) is 0.569. The van der Waals surface area contributed by atoms with Crippen LogP contribution < -0.4 is 0 Å². The minimum Gasteiger partial charge on any atom is -0.335 e. The van der Waals surface area contributed by atoms with Crippen LogP contribution >= 0.6 is 23.1 Å². The average Bonchev–Trinajstić information content (AvgIpc) is 3.33. The molecule has 1 aliphatic rings. The fraction of sp³-hybridized carbons (Fsp3) is 0.250. The third kappa shape index (κ3) is 3.65. The number of nitrogens with zero attached hydrogens (tertiary/aromatic N) is 1. The van der Waals surface area contributed by atoms with Gasteiger partial charge in [-0.2, -0.15) is 11.3 Å². The Hall–Kier alpha value is -1.78. The van der Waals surface area contributed by atoms with E-state index < -0.39 is 0 Å². The standard InChI is InChI=1S/C20H19NOS2/c22-20(21(18-6-7-18)12-15-9-10-23-13-15)14-24-19-8-5-16-3-1-2-4-17(16)11-19/h1-5,8-11,13,18H,6-7,12,14H2. The van der Waals surface area contributed by atoms with E-state index >= 15 is 0 Å². The molecule has 1 aliphatic carbocycles. The molecular weight excluding hydrogens is 334 g/mol. The van der Waals surface area contributed by atoms with Gasteiger partial charge in [0.05, 0.1) is 5.75 Å². The molecule has 0 atom stereocenters. The van der Waals surface area contributed by atoms with Crippen LogP contribution in [0.15, 0.2) is 64.2 Å². The average molecular weight is 354 g/mol. The molecule has 2 nitrogen and oxygen atoms in total. The fourth-order valence-electron chi connectivity index (χ4n) is 2.87. The van der Waals surface area contributed by atoms with Gasteiger partial charge in [0, 0.05) is 17.5 Å². The smallest absolute Gasteiger partial charge is 0.233 e. The van der Waals surface area contributed by atoms with Crippen LogP contribution in [-0.2, 0) is 11.3 Å². The molecule has 0 spiro atoms. The number of amides is 1. The summed E-state index contributed by atoms with van der Waals surface area (Å²) in [6, 6.07) is 17.3. The molecule has 1 aromatic heterocycles. The Morgan fingerprint density at radius 1 is 1.12 bits per heavy atom. The van der Waals surface area contributed by atoms with E-state index in [0.29, 0.717) is 11.8 Å². The fourth-order valence-corrected chi connectivity index (χ4v) is 4.36. The second-order valence-electron chi connectivity index (χ2n) is 6.18. The van der Waals surface area contributed by atoms with E-state index in [9.17, 15) is 4.79 Å². The van der Waals surface area contributed by atoms with Crippen molar-refractivity contribution < 1.29 is 4.79 Å². The summed E-state index contributed by atoms with van der Waals surface area (Å²) < 4.78 is 0. The van der Waals surface area contributed by atoms with Gasteiger partial charge < -0.3 is 4.90 Å². The predicted octanol–water partition coefficient (Wildman–Crippen LogP) is 5.18. The molecule has 0 unspecified atom stereocenters. The van der Waals surface area contributed by atoms with E-state index in [0.717, 1.165) is 24.3 Å². The lowest BCUT2D eigenvalue weighted by Crippen LogP contribution is -2.33. The number of fused-ring (bicyclic) bond motifs is 1. The van der Waals surface area contributed by atoms with Crippen LogP contribution in [0.2, 0.25) is 0 Å². The van der Waals surface area contributed by atoms with Gasteiger partial charge in [0.1, 0.15) is 0 Å². The van der Waals surface area contributed by atoms with E-state index in [1.807, 2.05) is 0 Å². The Morgan fingerprint density at radius 2 is 1.96 bits per heavy atom. The molecule has 2 aromatic carbocycles. The van der Waals surface area contributed by atoms with Crippen LogP contribution in [0, 0.1) is 0 Å². The zero-order chi connectivity index (χ0) is 16.4. The van der Waals surface area contributed by atoms with Crippen molar-refractivity contribution in [3.63, 3.8) is 0 Å². The Balaban J connectivity index is 1.42. The number of benzene rings is 2. The highest BCUT2D eigenvalue weighted by atomic mass is 32.2. The van der Waals surface area contributed by atoms with Crippen molar-refractivity contribution in [2.75, 3.05) is 5.75 Å². The molecule has 24 heavy (non-hydrogen) atoms. The maximum Gasteiger partial charge on any atom is 0.233 e. The number of rotatable bonds is 6. The summed E-state index contributed by atoms with van der Waals surface area (Å²) in [6.45, 7) is 0.755. The summed E-state index contributed by atoms with van der Waals surface area (Å²) in [6.07, 6.45) is 2.30. The van der Waals surface area contributed by atoms with E-state index in [4.69, 9.17) is 0 Å². The molecule has 122 valence electrons. The summed E-state index contributed by atoms with van der Waals surface area (Å²) in [5.41, 5.74) is 1.25. The Bertz CT molecular complexity index is 840. The van der Waals surface area contributed by atoms with Crippen molar-refractivity contribution in [1.82, 2.24) is 4.90 Å². The van der Waals surface area contributed by atoms with Gasteiger partial charge in [0.25, 0.3) is 0 Å². The lowest BCUT2D eigenvalue weighted by atomic mass is 10.1. The second-order valence-corrected chi connectivity index (χ2v) is 8.01. The van der Waals surface area contributed by atoms with Crippen molar-refractivity contribution >= 4 is 39.8 Å². The molecule has 0 radical (unpaired) electrons. The normalized spacial score (nSPS) is 14.0. The number of thiophene rings is 1. The first-order valence-corrected chi connectivity index (χ1v) is 10.1. The number of hydrogen-bond donors (Lipinski definition) is 0. The lowest BCUT2D eigenvalue weighted by Gasteiger charge is -2.22. The molecule has 0 N–H and O–H groups in total. The number of carbonyl (C=O) groups is 1. The zero-order valence-corrected chi connectivity index (χ0v) is 15.0. The lowest BCUT2D eigenvalue weighted by molar-refractivity contribution is -0.129. The molecule has 1 heterocycles. The van der Waals surface area contributed by atoms with Crippen molar-refractivity contribution in [2.45, 2.75) is 30.3 Å². The predicted molar refractivity (Wildman–Crippen MR) is 103 cm³/mol. The highest BCUT2D eigenvalue weighted by Crippen LogP contribution is 2.30. The molecule has 3 aromatic rings. The topological polar surface area (TPSA) is 20.3 Å². The van der Waals surface area contributed by atoms with Crippen LogP contribution in [0.4, 0.5) is 0 Å². The van der Waals surface area contributed by atoms with Crippen LogP contribution in [0.25, 0.3) is 10.8 Å². The third-order valence-electron chi connectivity index (χ3n) is 4.32. The van der Waals surface area contributed by atoms with Gasteiger partial charge in [-0.05, 0) is 58.1 Å². The van der Waals surface area contributed by atoms with Crippen molar-refractivity contribution in [3.8, 4) is 0 Å². The Morgan fingerprint density at radius 3 is 2.71 bits per heavy atom. The van der Waals surface area contributed by atoms with Gasteiger partial charge in [0.15, 0.2) is 0 Å². The monoisotopic (exact) mass is 353 g/mol. The van der Waals surface area contributed by atoms with Crippen molar-refractivity contribution in [1.29, 1.82) is 0 Å². The van der Waals surface area contributed by atoms with Gasteiger partial charge in [-0.3, -0.25) is 4.79 Å². The maximum absolute atomic E-state index is 12.7. The van der Waals surface area contributed by atoms with E-state index in [1.165, 1.54) is 16.3 Å². The van der Waals surface area contributed by atoms with E-state index in [-0.39, 0.29) is 5.91 Å². The summed E-state index contributed by atoms with van der Waals surface area (Å²) in [5.74, 6) is 0.765. The van der Waals surface area contributed by atoms with Crippen molar-refractivity contribution in [3.05, 3.63) is 64.9 Å². The van der Waals surface area contributed by atoms with Gasteiger partial charge in [-0.25, -0.2) is 0 Å². The highest BCUT2D eigenvalue weighted by Gasteiger charge is 2.32. The van der Waals surface area contributed by atoms with Gasteiger partial charge >= 0.3 is 0 Å². The molecule has 1 fully saturated rings. The molecule has 0 saturated heterocycles.